The van der Waals surface area contributed by atoms with Crippen LogP contribution in [0.3, 0.4) is 0 Å². The molecule has 0 spiro atoms. The number of rotatable bonds is 4. The van der Waals surface area contributed by atoms with Gasteiger partial charge in [-0.3, -0.25) is 0 Å². The van der Waals surface area contributed by atoms with Crippen LogP contribution in [0.2, 0.25) is 0 Å². The summed E-state index contributed by atoms with van der Waals surface area (Å²) in [7, 11) is 0. The van der Waals surface area contributed by atoms with Crippen LogP contribution in [-0.4, -0.2) is 11.9 Å². The van der Waals surface area contributed by atoms with Gasteiger partial charge in [-0.25, -0.2) is 9.59 Å². The molecule has 0 fully saturated rings. The topological polar surface area (TPSA) is 52.6 Å². The lowest BCUT2D eigenvalue weighted by Crippen LogP contribution is -2.11. The number of carbonyl (C=O) groups is 2. The molecule has 1 rings (SSSR count). The molecule has 0 amide bonds. The molecule has 0 radical (unpaired) electrons. The highest BCUT2D eigenvalue weighted by Crippen LogP contribution is 2.23. The van der Waals surface area contributed by atoms with Crippen molar-refractivity contribution in [3.05, 3.63) is 34.4 Å². The lowest BCUT2D eigenvalue weighted by molar-refractivity contribution is 0.0765. The third-order valence-corrected chi connectivity index (χ3v) is 3.31. The van der Waals surface area contributed by atoms with Crippen molar-refractivity contribution in [2.45, 2.75) is 26.7 Å². The molecule has 98 valence electrons. The molecule has 0 aromatic heterocycles. The molecule has 18 heavy (non-hydrogen) atoms. The van der Waals surface area contributed by atoms with E-state index in [-0.39, 0.29) is 0 Å². The van der Waals surface area contributed by atoms with Crippen molar-refractivity contribution < 1.29 is 17.2 Å². The molecule has 0 saturated heterocycles. The molecule has 0 unspecified atom stereocenters. The zero-order valence-electron chi connectivity index (χ0n) is 9.96. The van der Waals surface area contributed by atoms with Crippen molar-refractivity contribution in [1.29, 1.82) is 0 Å². The van der Waals surface area contributed by atoms with Crippen molar-refractivity contribution >= 4 is 44.5 Å². The molecule has 0 aliphatic carbocycles. The summed E-state index contributed by atoms with van der Waals surface area (Å²) in [5, 5.41) is 0. The smallest absolute Gasteiger partial charge is 0.349 e. The van der Waals surface area contributed by atoms with Gasteiger partial charge in [-0.1, -0.05) is 13.8 Å². The average molecular weight is 380 g/mol. The molecule has 1 aromatic carbocycles. The molecular formula is C12H12Br2O4. The SMILES string of the molecule is CCc1c(C(=O)OBr)ccc(C(=O)OBr)c1CC. The molecular weight excluding hydrogens is 368 g/mol. The molecule has 0 aliphatic heterocycles. The number of hydrogen-bond donors (Lipinski definition) is 0. The summed E-state index contributed by atoms with van der Waals surface area (Å²) in [6.45, 7) is 3.84. The minimum atomic E-state index is -0.472. The van der Waals surface area contributed by atoms with E-state index in [2.05, 4.69) is 40.2 Å². The highest BCUT2D eigenvalue weighted by atomic mass is 79.9. The summed E-state index contributed by atoms with van der Waals surface area (Å²) in [5.74, 6) is -0.944. The second-order valence-electron chi connectivity index (χ2n) is 3.55. The normalized spacial score (nSPS) is 10.0. The Hall–Kier alpha value is -0.880. The van der Waals surface area contributed by atoms with Crippen molar-refractivity contribution in [1.82, 2.24) is 0 Å². The minimum absolute atomic E-state index is 0.456. The molecule has 0 bridgehead atoms. The van der Waals surface area contributed by atoms with E-state index in [1.54, 1.807) is 12.1 Å². The van der Waals surface area contributed by atoms with Gasteiger partial charge in [0.1, 0.15) is 0 Å². The first-order valence-electron chi connectivity index (χ1n) is 5.41. The van der Waals surface area contributed by atoms with Gasteiger partial charge in [-0.15, -0.1) is 0 Å². The molecule has 0 aliphatic rings. The predicted molar refractivity (Wildman–Crippen MR) is 73.9 cm³/mol. The maximum Gasteiger partial charge on any atom is 0.349 e. The fourth-order valence-electron chi connectivity index (χ4n) is 1.97. The first-order valence-corrected chi connectivity index (χ1v) is 6.70. The number of hydrogen-bond acceptors (Lipinski definition) is 4. The van der Waals surface area contributed by atoms with E-state index in [0.717, 1.165) is 11.1 Å². The monoisotopic (exact) mass is 378 g/mol. The van der Waals surface area contributed by atoms with E-state index in [0.29, 0.717) is 24.0 Å². The van der Waals surface area contributed by atoms with Gasteiger partial charge in [0, 0.05) is 0 Å². The largest absolute Gasteiger partial charge is 0.380 e. The lowest BCUT2D eigenvalue weighted by Gasteiger charge is -2.13. The second-order valence-corrected chi connectivity index (χ2v) is 4.20. The first-order chi connectivity index (χ1) is 8.60. The number of carbonyl (C=O) groups excluding carboxylic acids is 2. The van der Waals surface area contributed by atoms with Crippen molar-refractivity contribution in [2.75, 3.05) is 0 Å². The van der Waals surface area contributed by atoms with Gasteiger partial charge in [-0.05, 0) is 36.1 Å². The Morgan fingerprint density at radius 3 is 1.50 bits per heavy atom. The maximum absolute atomic E-state index is 11.6. The Morgan fingerprint density at radius 1 is 0.944 bits per heavy atom. The van der Waals surface area contributed by atoms with E-state index < -0.39 is 11.9 Å². The molecule has 6 heteroatoms. The standard InChI is InChI=1S/C12H12Br2O4/c1-3-7-8(4-2)10(12(16)18-14)6-5-9(7)11(15)17-13/h5-6H,3-4H2,1-2H3. The average Bonchev–Trinajstić information content (AvgIpc) is 2.43. The summed E-state index contributed by atoms with van der Waals surface area (Å²) < 4.78 is 9.11. The van der Waals surface area contributed by atoms with E-state index in [1.807, 2.05) is 13.8 Å². The Morgan fingerprint density at radius 2 is 1.28 bits per heavy atom. The quantitative estimate of drug-likeness (QED) is 0.799. The van der Waals surface area contributed by atoms with Crippen molar-refractivity contribution in [3.63, 3.8) is 0 Å². The Labute approximate surface area is 123 Å². The van der Waals surface area contributed by atoms with Crippen LogP contribution < -0.4 is 0 Å². The number of benzene rings is 1. The van der Waals surface area contributed by atoms with Crippen LogP contribution >= 0.6 is 32.5 Å². The third-order valence-electron chi connectivity index (χ3n) is 2.72. The molecule has 0 N–H and O–H groups in total. The number of halogens is 2. The van der Waals surface area contributed by atoms with Gasteiger partial charge in [0.05, 0.1) is 11.1 Å². The maximum atomic E-state index is 11.6. The fourth-order valence-corrected chi connectivity index (χ4v) is 2.32. The van der Waals surface area contributed by atoms with E-state index >= 15 is 0 Å². The van der Waals surface area contributed by atoms with Gasteiger partial charge < -0.3 is 7.66 Å². The summed E-state index contributed by atoms with van der Waals surface area (Å²) in [4.78, 5) is 23.2. The Kier molecular flexibility index (Phi) is 5.81. The zero-order valence-corrected chi connectivity index (χ0v) is 13.1. The molecule has 1 aromatic rings. The van der Waals surface area contributed by atoms with Crippen LogP contribution in [0.25, 0.3) is 0 Å². The highest BCUT2D eigenvalue weighted by Gasteiger charge is 2.20. The highest BCUT2D eigenvalue weighted by molar-refractivity contribution is 9.06. The first kappa shape index (κ1) is 15.2. The van der Waals surface area contributed by atoms with Crippen LogP contribution in [0, 0.1) is 0 Å². The second kappa shape index (κ2) is 6.89. The summed E-state index contributed by atoms with van der Waals surface area (Å²) in [6.07, 6.45) is 1.26. The van der Waals surface area contributed by atoms with Crippen LogP contribution in [0.5, 0.6) is 0 Å². The van der Waals surface area contributed by atoms with Gasteiger partial charge in [0.2, 0.25) is 0 Å². The van der Waals surface area contributed by atoms with Gasteiger partial charge >= 0.3 is 11.9 Å². The van der Waals surface area contributed by atoms with Crippen LogP contribution in [0.4, 0.5) is 0 Å². The minimum Gasteiger partial charge on any atom is -0.380 e. The van der Waals surface area contributed by atoms with Gasteiger partial charge in [-0.2, -0.15) is 0 Å². The summed E-state index contributed by atoms with van der Waals surface area (Å²) in [6, 6.07) is 3.14. The molecule has 0 saturated carbocycles. The summed E-state index contributed by atoms with van der Waals surface area (Å²) >= 11 is 5.35. The lowest BCUT2D eigenvalue weighted by atomic mass is 9.92. The molecule has 0 heterocycles. The molecule has 0 atom stereocenters. The van der Waals surface area contributed by atoms with Crippen molar-refractivity contribution in [3.8, 4) is 0 Å². The summed E-state index contributed by atoms with van der Waals surface area (Å²) in [5.41, 5.74) is 2.52. The van der Waals surface area contributed by atoms with Gasteiger partial charge in [0.15, 0.2) is 32.5 Å². The Bertz CT molecular complexity index is 428. The zero-order chi connectivity index (χ0) is 13.7. The van der Waals surface area contributed by atoms with Gasteiger partial charge in [0.25, 0.3) is 0 Å². The van der Waals surface area contributed by atoms with E-state index in [9.17, 15) is 9.59 Å². The fraction of sp³-hybridized carbons (Fsp3) is 0.333. The Balaban J connectivity index is 3.45. The van der Waals surface area contributed by atoms with Crippen molar-refractivity contribution in [2.24, 2.45) is 0 Å². The molecule has 4 nitrogen and oxygen atoms in total. The van der Waals surface area contributed by atoms with E-state index in [1.165, 1.54) is 0 Å². The van der Waals surface area contributed by atoms with E-state index in [4.69, 9.17) is 0 Å². The van der Waals surface area contributed by atoms with Crippen LogP contribution in [-0.2, 0) is 20.5 Å². The third kappa shape index (κ3) is 2.92. The van der Waals surface area contributed by atoms with Crippen LogP contribution in [0.15, 0.2) is 12.1 Å². The van der Waals surface area contributed by atoms with Crippen LogP contribution in [0.1, 0.15) is 45.7 Å². The predicted octanol–water partition coefficient (Wildman–Crippen LogP) is 3.74.